The van der Waals surface area contributed by atoms with Gasteiger partial charge in [0.15, 0.2) is 5.88 Å². The first-order valence-electron chi connectivity index (χ1n) is 8.62. The van der Waals surface area contributed by atoms with Crippen LogP contribution in [0.3, 0.4) is 0 Å². The van der Waals surface area contributed by atoms with Gasteiger partial charge in [-0.05, 0) is 51.1 Å². The zero-order valence-electron chi connectivity index (χ0n) is 15.3. The van der Waals surface area contributed by atoms with E-state index in [1.54, 1.807) is 30.3 Å². The van der Waals surface area contributed by atoms with Gasteiger partial charge in [-0.3, -0.25) is 4.79 Å². The molecule has 136 valence electrons. The van der Waals surface area contributed by atoms with E-state index in [-0.39, 0.29) is 5.57 Å². The molecule has 0 saturated heterocycles. The van der Waals surface area contributed by atoms with E-state index in [0.717, 1.165) is 18.8 Å². The van der Waals surface area contributed by atoms with Gasteiger partial charge in [0.05, 0.1) is 6.61 Å². The first-order valence-corrected chi connectivity index (χ1v) is 8.62. The molecule has 1 aromatic heterocycles. The molecule has 6 nitrogen and oxygen atoms in total. The number of furan rings is 1. The van der Waals surface area contributed by atoms with E-state index in [9.17, 15) is 10.1 Å². The molecule has 0 unspecified atom stereocenters. The molecule has 0 aliphatic heterocycles. The maximum atomic E-state index is 12.3. The molecule has 26 heavy (non-hydrogen) atoms. The fraction of sp³-hybridized carbons (Fsp3) is 0.300. The highest BCUT2D eigenvalue weighted by Gasteiger charge is 2.12. The second-order valence-electron chi connectivity index (χ2n) is 5.43. The minimum Gasteiger partial charge on any atom is -0.494 e. The summed E-state index contributed by atoms with van der Waals surface area (Å²) in [6, 6.07) is 12.5. The van der Waals surface area contributed by atoms with Crippen LogP contribution in [0.2, 0.25) is 0 Å². The maximum absolute atomic E-state index is 12.3. The van der Waals surface area contributed by atoms with Crippen molar-refractivity contribution in [3.63, 3.8) is 0 Å². The fourth-order valence-corrected chi connectivity index (χ4v) is 2.42. The normalized spacial score (nSPS) is 10.9. The molecule has 0 bridgehead atoms. The SMILES string of the molecule is CCOc1ccc(NC(=O)C(C#N)=Cc2ccc(N(CC)CC)o2)cc1. The highest BCUT2D eigenvalue weighted by Crippen LogP contribution is 2.21. The Morgan fingerprint density at radius 3 is 2.46 bits per heavy atom. The topological polar surface area (TPSA) is 78.5 Å². The third-order valence-corrected chi connectivity index (χ3v) is 3.76. The second kappa shape index (κ2) is 9.33. The van der Waals surface area contributed by atoms with Gasteiger partial charge in [-0.25, -0.2) is 0 Å². The number of anilines is 2. The summed E-state index contributed by atoms with van der Waals surface area (Å²) >= 11 is 0. The van der Waals surface area contributed by atoms with Gasteiger partial charge in [0.2, 0.25) is 0 Å². The summed E-state index contributed by atoms with van der Waals surface area (Å²) in [5.41, 5.74) is 0.558. The molecule has 0 radical (unpaired) electrons. The molecule has 1 heterocycles. The van der Waals surface area contributed by atoms with Crippen molar-refractivity contribution in [2.45, 2.75) is 20.8 Å². The minimum atomic E-state index is -0.488. The summed E-state index contributed by atoms with van der Waals surface area (Å²) in [5.74, 6) is 1.41. The number of hydrogen-bond acceptors (Lipinski definition) is 5. The fourth-order valence-electron chi connectivity index (χ4n) is 2.42. The van der Waals surface area contributed by atoms with Gasteiger partial charge in [-0.15, -0.1) is 0 Å². The molecule has 1 N–H and O–H groups in total. The van der Waals surface area contributed by atoms with Crippen LogP contribution in [0.1, 0.15) is 26.5 Å². The van der Waals surface area contributed by atoms with E-state index in [2.05, 4.69) is 5.32 Å². The van der Waals surface area contributed by atoms with Crippen LogP contribution < -0.4 is 15.0 Å². The van der Waals surface area contributed by atoms with Crippen molar-refractivity contribution >= 4 is 23.6 Å². The molecule has 0 aliphatic rings. The Hall–Kier alpha value is -3.20. The van der Waals surface area contributed by atoms with Crippen molar-refractivity contribution in [3.05, 3.63) is 47.7 Å². The number of nitrogens with zero attached hydrogens (tertiary/aromatic N) is 2. The molecule has 0 saturated carbocycles. The van der Waals surface area contributed by atoms with Crippen molar-refractivity contribution < 1.29 is 13.9 Å². The van der Waals surface area contributed by atoms with Gasteiger partial charge in [-0.1, -0.05) is 0 Å². The van der Waals surface area contributed by atoms with Crippen molar-refractivity contribution in [3.8, 4) is 11.8 Å². The lowest BCUT2D eigenvalue weighted by molar-refractivity contribution is -0.112. The van der Waals surface area contributed by atoms with Crippen LogP contribution >= 0.6 is 0 Å². The standard InChI is InChI=1S/C20H23N3O3/c1-4-23(5-2)19-12-11-18(26-19)13-15(14-21)20(24)22-16-7-9-17(10-8-16)25-6-3/h7-13H,4-6H2,1-3H3,(H,22,24). The zero-order chi connectivity index (χ0) is 18.9. The Balaban J connectivity index is 2.10. The average molecular weight is 353 g/mol. The Morgan fingerprint density at radius 1 is 1.19 bits per heavy atom. The lowest BCUT2D eigenvalue weighted by Gasteiger charge is -2.16. The Kier molecular flexibility index (Phi) is 6.86. The molecule has 0 spiro atoms. The summed E-state index contributed by atoms with van der Waals surface area (Å²) in [7, 11) is 0. The lowest BCUT2D eigenvalue weighted by Crippen LogP contribution is -2.20. The molecule has 2 rings (SSSR count). The van der Waals surface area contributed by atoms with E-state index >= 15 is 0 Å². The van der Waals surface area contributed by atoms with Crippen molar-refractivity contribution in [2.24, 2.45) is 0 Å². The van der Waals surface area contributed by atoms with E-state index in [0.29, 0.717) is 23.9 Å². The number of ether oxygens (including phenoxy) is 1. The molecule has 1 aromatic carbocycles. The lowest BCUT2D eigenvalue weighted by atomic mass is 10.2. The molecule has 6 heteroatoms. The molecule has 2 aromatic rings. The summed E-state index contributed by atoms with van der Waals surface area (Å²) < 4.78 is 11.1. The number of nitrogens with one attached hydrogen (secondary N) is 1. The molecule has 0 fully saturated rings. The monoisotopic (exact) mass is 353 g/mol. The van der Waals surface area contributed by atoms with E-state index in [1.165, 1.54) is 6.08 Å². The average Bonchev–Trinajstić information content (AvgIpc) is 3.11. The summed E-state index contributed by atoms with van der Waals surface area (Å²) in [5, 5.41) is 12.0. The summed E-state index contributed by atoms with van der Waals surface area (Å²) in [6.07, 6.45) is 1.44. The Labute approximate surface area is 153 Å². The van der Waals surface area contributed by atoms with Crippen LogP contribution in [0.5, 0.6) is 5.75 Å². The van der Waals surface area contributed by atoms with E-state index in [4.69, 9.17) is 9.15 Å². The van der Waals surface area contributed by atoms with Gasteiger partial charge in [0, 0.05) is 30.9 Å². The highest BCUT2D eigenvalue weighted by molar-refractivity contribution is 6.09. The minimum absolute atomic E-state index is 0.0284. The molecular weight excluding hydrogens is 330 g/mol. The third-order valence-electron chi connectivity index (χ3n) is 3.76. The Bertz CT molecular complexity index is 796. The van der Waals surface area contributed by atoms with Crippen LogP contribution in [-0.2, 0) is 4.79 Å². The quantitative estimate of drug-likeness (QED) is 0.572. The molecule has 0 aliphatic carbocycles. The number of nitriles is 1. The Morgan fingerprint density at radius 2 is 1.88 bits per heavy atom. The van der Waals surface area contributed by atoms with Gasteiger partial charge >= 0.3 is 0 Å². The maximum Gasteiger partial charge on any atom is 0.266 e. The number of amides is 1. The molecule has 0 atom stereocenters. The number of hydrogen-bond donors (Lipinski definition) is 1. The van der Waals surface area contributed by atoms with Crippen LogP contribution in [0.15, 0.2) is 46.4 Å². The number of carbonyl (C=O) groups excluding carboxylic acids is 1. The molecule has 1 amide bonds. The second-order valence-corrected chi connectivity index (χ2v) is 5.43. The predicted octanol–water partition coefficient (Wildman–Crippen LogP) is 4.07. The van der Waals surface area contributed by atoms with Crippen molar-refractivity contribution in [1.29, 1.82) is 5.26 Å². The first kappa shape index (κ1) is 19.1. The van der Waals surface area contributed by atoms with Gasteiger partial charge in [0.1, 0.15) is 23.2 Å². The van der Waals surface area contributed by atoms with Crippen LogP contribution in [0.4, 0.5) is 11.6 Å². The first-order chi connectivity index (χ1) is 12.6. The highest BCUT2D eigenvalue weighted by atomic mass is 16.5. The number of carbonyl (C=O) groups is 1. The number of rotatable bonds is 8. The largest absolute Gasteiger partial charge is 0.494 e. The van der Waals surface area contributed by atoms with Gasteiger partial charge in [0.25, 0.3) is 5.91 Å². The van der Waals surface area contributed by atoms with Crippen LogP contribution in [-0.4, -0.2) is 25.6 Å². The van der Waals surface area contributed by atoms with Crippen LogP contribution in [0.25, 0.3) is 6.08 Å². The smallest absolute Gasteiger partial charge is 0.266 e. The van der Waals surface area contributed by atoms with E-state index < -0.39 is 5.91 Å². The summed E-state index contributed by atoms with van der Waals surface area (Å²) in [6.45, 7) is 8.18. The van der Waals surface area contributed by atoms with Gasteiger partial charge in [-0.2, -0.15) is 5.26 Å². The zero-order valence-corrected chi connectivity index (χ0v) is 15.3. The van der Waals surface area contributed by atoms with Crippen molar-refractivity contribution in [1.82, 2.24) is 0 Å². The predicted molar refractivity (Wildman–Crippen MR) is 102 cm³/mol. The summed E-state index contributed by atoms with van der Waals surface area (Å²) in [4.78, 5) is 14.4. The van der Waals surface area contributed by atoms with Crippen LogP contribution in [0, 0.1) is 11.3 Å². The van der Waals surface area contributed by atoms with Gasteiger partial charge < -0.3 is 19.4 Å². The van der Waals surface area contributed by atoms with E-state index in [1.807, 2.05) is 37.8 Å². The molecular formula is C20H23N3O3. The van der Waals surface area contributed by atoms with Crippen molar-refractivity contribution in [2.75, 3.05) is 29.9 Å². The number of benzene rings is 1. The third kappa shape index (κ3) is 4.90.